The highest BCUT2D eigenvalue weighted by atomic mass is 32.2. The van der Waals surface area contributed by atoms with E-state index in [2.05, 4.69) is 12.2 Å². The summed E-state index contributed by atoms with van der Waals surface area (Å²) < 4.78 is 0. The van der Waals surface area contributed by atoms with Crippen LogP contribution in [0.1, 0.15) is 43.0 Å². The smallest absolute Gasteiger partial charge is 0.282 e. The monoisotopic (exact) mass is 296 g/mol. The number of nitro benzene ring substituents is 1. The molecule has 1 aromatic carbocycles. The molecule has 0 aliphatic carbocycles. The van der Waals surface area contributed by atoms with E-state index in [0.29, 0.717) is 6.54 Å². The first-order chi connectivity index (χ1) is 9.60. The second-order valence-electron chi connectivity index (χ2n) is 4.46. The second kappa shape index (κ2) is 8.58. The van der Waals surface area contributed by atoms with Gasteiger partial charge in [-0.1, -0.05) is 26.2 Å². The van der Waals surface area contributed by atoms with Gasteiger partial charge in [0, 0.05) is 17.5 Å². The summed E-state index contributed by atoms with van der Waals surface area (Å²) in [6, 6.07) is 4.61. The number of nitro groups is 1. The van der Waals surface area contributed by atoms with Crippen LogP contribution in [0.3, 0.4) is 0 Å². The predicted octanol–water partition coefficient (Wildman–Crippen LogP) is 3.63. The average Bonchev–Trinajstić information content (AvgIpc) is 2.46. The standard InChI is InChI=1S/C14H20N2O3S/c1-3-4-5-6-9-15-14(17)12-10-11(20-2)7-8-13(12)16(18)19/h7-8,10H,3-6,9H2,1-2H3,(H,15,17). The number of carbonyl (C=O) groups is 1. The lowest BCUT2D eigenvalue weighted by Crippen LogP contribution is -2.25. The summed E-state index contributed by atoms with van der Waals surface area (Å²) in [7, 11) is 0. The number of unbranched alkanes of at least 4 members (excludes halogenated alkanes) is 3. The van der Waals surface area contributed by atoms with Gasteiger partial charge >= 0.3 is 0 Å². The van der Waals surface area contributed by atoms with Crippen LogP contribution in [0.2, 0.25) is 0 Å². The van der Waals surface area contributed by atoms with Gasteiger partial charge in [0.1, 0.15) is 5.56 Å². The van der Waals surface area contributed by atoms with Crippen molar-refractivity contribution in [3.05, 3.63) is 33.9 Å². The van der Waals surface area contributed by atoms with Gasteiger partial charge in [-0.3, -0.25) is 14.9 Å². The van der Waals surface area contributed by atoms with Gasteiger partial charge in [0.15, 0.2) is 0 Å². The van der Waals surface area contributed by atoms with Crippen molar-refractivity contribution < 1.29 is 9.72 Å². The van der Waals surface area contributed by atoms with Gasteiger partial charge in [0.25, 0.3) is 11.6 Å². The maximum absolute atomic E-state index is 12.0. The molecule has 1 amide bonds. The first-order valence-corrected chi connectivity index (χ1v) is 7.93. The van der Waals surface area contributed by atoms with Crippen LogP contribution >= 0.6 is 11.8 Å². The first kappa shape index (κ1) is 16.5. The van der Waals surface area contributed by atoms with E-state index in [0.717, 1.165) is 30.6 Å². The summed E-state index contributed by atoms with van der Waals surface area (Å²) in [4.78, 5) is 23.3. The van der Waals surface area contributed by atoms with E-state index in [1.807, 2.05) is 6.26 Å². The van der Waals surface area contributed by atoms with E-state index >= 15 is 0 Å². The van der Waals surface area contributed by atoms with Crippen molar-refractivity contribution in [3.63, 3.8) is 0 Å². The van der Waals surface area contributed by atoms with Crippen molar-refractivity contribution in [3.8, 4) is 0 Å². The van der Waals surface area contributed by atoms with Gasteiger partial charge in [-0.2, -0.15) is 0 Å². The minimum atomic E-state index is -0.518. The van der Waals surface area contributed by atoms with Crippen LogP contribution in [0.15, 0.2) is 23.1 Å². The van der Waals surface area contributed by atoms with E-state index < -0.39 is 4.92 Å². The highest BCUT2D eigenvalue weighted by molar-refractivity contribution is 7.98. The lowest BCUT2D eigenvalue weighted by molar-refractivity contribution is -0.385. The van der Waals surface area contributed by atoms with E-state index in [4.69, 9.17) is 0 Å². The van der Waals surface area contributed by atoms with Gasteiger partial charge in [0.2, 0.25) is 0 Å². The third-order valence-electron chi connectivity index (χ3n) is 2.96. The van der Waals surface area contributed by atoms with Crippen LogP contribution in [0.5, 0.6) is 0 Å². The molecule has 0 saturated heterocycles. The van der Waals surface area contributed by atoms with Gasteiger partial charge in [0.05, 0.1) is 4.92 Å². The molecule has 0 bridgehead atoms. The Balaban J connectivity index is 2.72. The number of hydrogen-bond donors (Lipinski definition) is 1. The second-order valence-corrected chi connectivity index (χ2v) is 5.34. The fraction of sp³-hybridized carbons (Fsp3) is 0.500. The van der Waals surface area contributed by atoms with Gasteiger partial charge in [-0.15, -0.1) is 11.8 Å². The zero-order valence-corrected chi connectivity index (χ0v) is 12.7. The highest BCUT2D eigenvalue weighted by Crippen LogP contribution is 2.24. The normalized spacial score (nSPS) is 10.3. The van der Waals surface area contributed by atoms with Gasteiger partial charge in [-0.05, 0) is 24.8 Å². The zero-order valence-electron chi connectivity index (χ0n) is 11.8. The van der Waals surface area contributed by atoms with Crippen molar-refractivity contribution in [2.45, 2.75) is 37.5 Å². The molecule has 6 heteroatoms. The number of hydrogen-bond acceptors (Lipinski definition) is 4. The maximum atomic E-state index is 12.0. The van der Waals surface area contributed by atoms with Crippen molar-refractivity contribution in [2.24, 2.45) is 0 Å². The minimum absolute atomic E-state index is 0.136. The summed E-state index contributed by atoms with van der Waals surface area (Å²) in [5.74, 6) is -0.371. The minimum Gasteiger partial charge on any atom is -0.352 e. The molecule has 0 heterocycles. The van der Waals surface area contributed by atoms with Gasteiger partial charge in [-0.25, -0.2) is 0 Å². The number of amides is 1. The number of carbonyl (C=O) groups excluding carboxylic acids is 1. The third-order valence-corrected chi connectivity index (χ3v) is 3.69. The van der Waals surface area contributed by atoms with Crippen LogP contribution < -0.4 is 5.32 Å². The molecule has 0 aliphatic rings. The lowest BCUT2D eigenvalue weighted by atomic mass is 10.1. The molecule has 0 aromatic heterocycles. The molecule has 0 unspecified atom stereocenters. The molecule has 5 nitrogen and oxygen atoms in total. The SMILES string of the molecule is CCCCCCNC(=O)c1cc(SC)ccc1[N+](=O)[O-]. The molecule has 0 atom stereocenters. The summed E-state index contributed by atoms with van der Waals surface area (Å²) in [6.45, 7) is 2.68. The Bertz CT molecular complexity index is 477. The summed E-state index contributed by atoms with van der Waals surface area (Å²) >= 11 is 1.45. The summed E-state index contributed by atoms with van der Waals surface area (Å²) in [6.07, 6.45) is 6.10. The Morgan fingerprint density at radius 1 is 1.35 bits per heavy atom. The Hall–Kier alpha value is -1.56. The Morgan fingerprint density at radius 3 is 2.70 bits per heavy atom. The topological polar surface area (TPSA) is 72.2 Å². The molecule has 1 aromatic rings. The molecule has 0 aliphatic heterocycles. The molecular weight excluding hydrogens is 276 g/mol. The molecule has 0 saturated carbocycles. The number of nitrogens with zero attached hydrogens (tertiary/aromatic N) is 1. The van der Waals surface area contributed by atoms with Crippen LogP contribution in [0.25, 0.3) is 0 Å². The molecule has 0 radical (unpaired) electrons. The van der Waals surface area contributed by atoms with Crippen molar-refractivity contribution in [2.75, 3.05) is 12.8 Å². The first-order valence-electron chi connectivity index (χ1n) is 6.70. The third kappa shape index (κ3) is 4.85. The summed E-state index contributed by atoms with van der Waals surface area (Å²) in [5, 5.41) is 13.7. The fourth-order valence-electron chi connectivity index (χ4n) is 1.83. The zero-order chi connectivity index (χ0) is 15.0. The molecule has 0 fully saturated rings. The quantitative estimate of drug-likeness (QED) is 0.344. The maximum Gasteiger partial charge on any atom is 0.282 e. The van der Waals surface area contributed by atoms with Crippen molar-refractivity contribution in [1.82, 2.24) is 5.32 Å². The van der Waals surface area contributed by atoms with Crippen LogP contribution in [0.4, 0.5) is 5.69 Å². The van der Waals surface area contributed by atoms with E-state index in [1.54, 1.807) is 12.1 Å². The molecule has 1 N–H and O–H groups in total. The number of thioether (sulfide) groups is 1. The van der Waals surface area contributed by atoms with Crippen molar-refractivity contribution >= 4 is 23.4 Å². The lowest BCUT2D eigenvalue weighted by Gasteiger charge is -2.07. The van der Waals surface area contributed by atoms with Crippen LogP contribution in [-0.2, 0) is 0 Å². The Morgan fingerprint density at radius 2 is 2.10 bits per heavy atom. The number of nitrogens with one attached hydrogen (secondary N) is 1. The van der Waals surface area contributed by atoms with E-state index in [9.17, 15) is 14.9 Å². The Labute approximate surface area is 123 Å². The van der Waals surface area contributed by atoms with Crippen LogP contribution in [-0.4, -0.2) is 23.6 Å². The van der Waals surface area contributed by atoms with Crippen LogP contribution in [0, 0.1) is 10.1 Å². The molecule has 110 valence electrons. The predicted molar refractivity (Wildman–Crippen MR) is 81.4 cm³/mol. The van der Waals surface area contributed by atoms with Crippen molar-refractivity contribution in [1.29, 1.82) is 0 Å². The largest absolute Gasteiger partial charge is 0.352 e. The average molecular weight is 296 g/mol. The highest BCUT2D eigenvalue weighted by Gasteiger charge is 2.20. The fourth-order valence-corrected chi connectivity index (χ4v) is 2.27. The number of rotatable bonds is 8. The summed E-state index contributed by atoms with van der Waals surface area (Å²) in [5.41, 5.74) is -0.00815. The van der Waals surface area contributed by atoms with E-state index in [1.165, 1.54) is 17.8 Å². The van der Waals surface area contributed by atoms with Gasteiger partial charge < -0.3 is 5.32 Å². The van der Waals surface area contributed by atoms with E-state index in [-0.39, 0.29) is 17.2 Å². The molecule has 20 heavy (non-hydrogen) atoms. The molecule has 1 rings (SSSR count). The Kier molecular flexibility index (Phi) is 7.08. The molecule has 0 spiro atoms. The molecular formula is C14H20N2O3S. The number of benzene rings is 1.